The maximum atomic E-state index is 12.9. The van der Waals surface area contributed by atoms with E-state index in [1.54, 1.807) is 12.1 Å². The molecule has 0 spiro atoms. The van der Waals surface area contributed by atoms with Gasteiger partial charge in [-0.15, -0.1) is 0 Å². The molecule has 0 aliphatic carbocycles. The Bertz CT molecular complexity index is 1010. The monoisotopic (exact) mass is 429 g/mol. The first-order valence-electron chi connectivity index (χ1n) is 9.46. The summed E-state index contributed by atoms with van der Waals surface area (Å²) in [5.74, 6) is -0.375. The predicted molar refractivity (Wildman–Crippen MR) is 111 cm³/mol. The van der Waals surface area contributed by atoms with Gasteiger partial charge in [-0.25, -0.2) is 13.2 Å². The number of hydrogen-bond donors (Lipinski definition) is 2. The van der Waals surface area contributed by atoms with Crippen LogP contribution in [0.15, 0.2) is 41.3 Å². The predicted octanol–water partition coefficient (Wildman–Crippen LogP) is 2.81. The molecule has 0 saturated carbocycles. The van der Waals surface area contributed by atoms with Gasteiger partial charge in [-0.3, -0.25) is 10.1 Å². The van der Waals surface area contributed by atoms with Crippen molar-refractivity contribution in [3.8, 4) is 0 Å². The van der Waals surface area contributed by atoms with Gasteiger partial charge in [0.15, 0.2) is 0 Å². The Morgan fingerprint density at radius 2 is 1.77 bits per heavy atom. The van der Waals surface area contributed by atoms with Crippen LogP contribution in [-0.4, -0.2) is 44.9 Å². The molecule has 30 heavy (non-hydrogen) atoms. The molecule has 1 heterocycles. The molecule has 2 aromatic rings. The average Bonchev–Trinajstić information content (AvgIpc) is 2.75. The molecule has 2 amide bonds. The van der Waals surface area contributed by atoms with Crippen LogP contribution in [0, 0.1) is 25.0 Å². The summed E-state index contributed by atoms with van der Waals surface area (Å²) in [6.07, 6.45) is 0.247. The van der Waals surface area contributed by atoms with Crippen molar-refractivity contribution in [1.82, 2.24) is 4.31 Å². The van der Waals surface area contributed by atoms with Crippen LogP contribution in [0.5, 0.6) is 0 Å². The Labute approximate surface area is 176 Å². The lowest BCUT2D eigenvalue weighted by molar-refractivity contribution is -0.120. The summed E-state index contributed by atoms with van der Waals surface area (Å²) in [4.78, 5) is 23.9. The number of nitrogens with one attached hydrogen (secondary N) is 2. The van der Waals surface area contributed by atoms with E-state index in [9.17, 15) is 18.0 Å². The molecule has 0 unspecified atom stereocenters. The highest BCUT2D eigenvalue weighted by Crippen LogP contribution is 2.26. The van der Waals surface area contributed by atoms with E-state index in [0.29, 0.717) is 24.2 Å². The summed E-state index contributed by atoms with van der Waals surface area (Å²) >= 11 is 0. The molecule has 0 atom stereocenters. The zero-order valence-electron chi connectivity index (χ0n) is 16.8. The second-order valence-corrected chi connectivity index (χ2v) is 8.89. The van der Waals surface area contributed by atoms with E-state index in [2.05, 4.69) is 27.5 Å². The third-order valence-electron chi connectivity index (χ3n) is 5.00. The van der Waals surface area contributed by atoms with E-state index in [1.165, 1.54) is 35.7 Å². The molecule has 1 saturated heterocycles. The average molecular weight is 429 g/mol. The maximum Gasteiger partial charge on any atom is 0.411 e. The fraction of sp³-hybridized carbons (Fsp3) is 0.333. The number of ether oxygens (including phenoxy) is 1. The van der Waals surface area contributed by atoms with Gasteiger partial charge in [-0.05, 0) is 56.2 Å². The van der Waals surface area contributed by atoms with Crippen molar-refractivity contribution in [1.29, 1.82) is 0 Å². The third kappa shape index (κ3) is 4.90. The van der Waals surface area contributed by atoms with E-state index in [0.717, 1.165) is 5.56 Å². The van der Waals surface area contributed by atoms with Crippen molar-refractivity contribution in [2.24, 2.45) is 5.92 Å². The Morgan fingerprint density at radius 1 is 1.10 bits per heavy atom. The number of piperidine rings is 1. The normalized spacial score (nSPS) is 15.1. The van der Waals surface area contributed by atoms with Gasteiger partial charge in [0.1, 0.15) is 0 Å². The first-order valence-corrected chi connectivity index (χ1v) is 10.9. The minimum absolute atomic E-state index is 0.118. The fourth-order valence-electron chi connectivity index (χ4n) is 3.22. The smallest absolute Gasteiger partial charge is 0.411 e. The lowest BCUT2D eigenvalue weighted by Gasteiger charge is -2.30. The number of carbonyl (C=O) groups is 2. The number of hydrogen-bond acceptors (Lipinski definition) is 5. The molecule has 0 radical (unpaired) electrons. The van der Waals surface area contributed by atoms with Gasteiger partial charge >= 0.3 is 6.09 Å². The Balaban J connectivity index is 1.60. The molecule has 158 valence electrons. The molecule has 3 rings (SSSR count). The largest absolute Gasteiger partial charge is 0.453 e. The zero-order chi connectivity index (χ0) is 21.7. The second-order valence-electron chi connectivity index (χ2n) is 6.95. The maximum absolute atomic E-state index is 12.9. The van der Waals surface area contributed by atoms with Crippen molar-refractivity contribution in [2.75, 3.05) is 30.8 Å². The quantitative estimate of drug-likeness (QED) is 0.761. The van der Waals surface area contributed by atoms with Gasteiger partial charge in [0.25, 0.3) is 0 Å². The van der Waals surface area contributed by atoms with Crippen molar-refractivity contribution < 1.29 is 22.7 Å². The number of benzene rings is 1. The standard InChI is InChI=1S/C21H23N3O5S/c1-15-5-3-4-6-19(15)23-20(25)16-11-13-24(14-12-16)30(27,28)18-9-7-17(8-10-18)22-21(26)29-2/h4,6-10,16H,11-14H2,1-2H3,(H,22,26)(H,23,25). The highest BCUT2D eigenvalue weighted by Gasteiger charge is 2.32. The van der Waals surface area contributed by atoms with Gasteiger partial charge in [0, 0.05) is 30.3 Å². The van der Waals surface area contributed by atoms with Crippen molar-refractivity contribution in [2.45, 2.75) is 24.7 Å². The van der Waals surface area contributed by atoms with Crippen LogP contribution in [0.1, 0.15) is 18.4 Å². The molecular weight excluding hydrogens is 406 g/mol. The third-order valence-corrected chi connectivity index (χ3v) is 6.92. The number of nitrogens with zero attached hydrogens (tertiary/aromatic N) is 1. The van der Waals surface area contributed by atoms with Gasteiger partial charge in [-0.1, -0.05) is 12.1 Å². The Hall–Kier alpha value is -3.09. The van der Waals surface area contributed by atoms with Gasteiger partial charge < -0.3 is 10.1 Å². The van der Waals surface area contributed by atoms with E-state index in [4.69, 9.17) is 0 Å². The van der Waals surface area contributed by atoms with Crippen LogP contribution in [-0.2, 0) is 19.6 Å². The van der Waals surface area contributed by atoms with Crippen LogP contribution in [0.3, 0.4) is 0 Å². The molecule has 9 heteroatoms. The number of rotatable bonds is 5. The first kappa shape index (κ1) is 21.6. The molecule has 1 aliphatic heterocycles. The highest BCUT2D eigenvalue weighted by atomic mass is 32.2. The van der Waals surface area contributed by atoms with Gasteiger partial charge in [0.05, 0.1) is 17.7 Å². The summed E-state index contributed by atoms with van der Waals surface area (Å²) in [5, 5.41) is 5.36. The molecule has 0 bridgehead atoms. The first-order chi connectivity index (χ1) is 14.3. The van der Waals surface area contributed by atoms with Crippen molar-refractivity contribution in [3.63, 3.8) is 0 Å². The minimum atomic E-state index is -3.68. The molecule has 1 fully saturated rings. The number of sulfonamides is 1. The zero-order valence-corrected chi connectivity index (χ0v) is 17.6. The molecule has 1 aliphatic rings. The van der Waals surface area contributed by atoms with Crippen molar-refractivity contribution in [3.05, 3.63) is 54.1 Å². The van der Waals surface area contributed by atoms with E-state index in [-0.39, 0.29) is 29.8 Å². The molecule has 2 aromatic carbocycles. The molecular formula is C21H23N3O5S. The van der Waals surface area contributed by atoms with Crippen LogP contribution in [0.25, 0.3) is 0 Å². The summed E-state index contributed by atoms with van der Waals surface area (Å²) in [5.41, 5.74) is 1.92. The van der Waals surface area contributed by atoms with Crippen molar-refractivity contribution >= 4 is 33.4 Å². The molecule has 8 nitrogen and oxygen atoms in total. The SMILES string of the molecule is COC(=O)Nc1ccc(S(=O)(=O)N2CCC(C(=O)Nc3ccc#cc3C)CC2)cc1. The lowest BCUT2D eigenvalue weighted by Crippen LogP contribution is -2.41. The number of anilines is 2. The lowest BCUT2D eigenvalue weighted by atomic mass is 9.97. The highest BCUT2D eigenvalue weighted by molar-refractivity contribution is 7.89. The summed E-state index contributed by atoms with van der Waals surface area (Å²) in [7, 11) is -2.43. The van der Waals surface area contributed by atoms with E-state index in [1.807, 2.05) is 6.92 Å². The van der Waals surface area contributed by atoms with Gasteiger partial charge in [0.2, 0.25) is 15.9 Å². The van der Waals surface area contributed by atoms with Crippen LogP contribution in [0.2, 0.25) is 0 Å². The van der Waals surface area contributed by atoms with E-state index >= 15 is 0 Å². The topological polar surface area (TPSA) is 105 Å². The molecule has 0 aromatic heterocycles. The fourth-order valence-corrected chi connectivity index (χ4v) is 4.69. The Kier molecular flexibility index (Phi) is 6.59. The number of methoxy groups -OCH3 is 1. The second kappa shape index (κ2) is 9.15. The Morgan fingerprint density at radius 3 is 2.37 bits per heavy atom. The van der Waals surface area contributed by atoms with Crippen LogP contribution >= 0.6 is 0 Å². The minimum Gasteiger partial charge on any atom is -0.453 e. The number of carbonyl (C=O) groups excluding carboxylic acids is 2. The molecule has 2 N–H and O–H groups in total. The van der Waals surface area contributed by atoms with Crippen LogP contribution in [0.4, 0.5) is 16.2 Å². The van der Waals surface area contributed by atoms with E-state index < -0.39 is 16.1 Å². The summed E-state index contributed by atoms with van der Waals surface area (Å²) in [6, 6.07) is 15.1. The summed E-state index contributed by atoms with van der Waals surface area (Å²) in [6.45, 7) is 2.36. The van der Waals surface area contributed by atoms with Gasteiger partial charge in [-0.2, -0.15) is 4.31 Å². The summed E-state index contributed by atoms with van der Waals surface area (Å²) < 4.78 is 31.7. The number of amides is 2. The van der Waals surface area contributed by atoms with Crippen LogP contribution < -0.4 is 10.6 Å².